The van der Waals surface area contributed by atoms with Crippen LogP contribution in [0.15, 0.2) is 88.9 Å². The Labute approximate surface area is 182 Å². The van der Waals surface area contributed by atoms with E-state index in [1.54, 1.807) is 79.0 Å². The molecule has 2 aromatic carbocycles. The Balaban J connectivity index is 1.68. The van der Waals surface area contributed by atoms with Crippen molar-refractivity contribution in [1.82, 2.24) is 25.9 Å². The fraction of sp³-hybridized carbons (Fsp3) is 0.0435. The van der Waals surface area contributed by atoms with Crippen LogP contribution in [0.5, 0.6) is 0 Å². The summed E-state index contributed by atoms with van der Waals surface area (Å²) in [5.41, 5.74) is 3.12. The van der Waals surface area contributed by atoms with E-state index < -0.39 is 23.4 Å². The van der Waals surface area contributed by atoms with Gasteiger partial charge < -0.3 is 5.32 Å². The van der Waals surface area contributed by atoms with Gasteiger partial charge >= 0.3 is 0 Å². The summed E-state index contributed by atoms with van der Waals surface area (Å²) in [7, 11) is 0. The SMILES string of the molecule is O=C(N[C@H](C(=O)NN=Cc1ccccn1)c1n[nH]c(=O)c2ccccc12)c1ccccc1. The number of pyridine rings is 1. The number of amides is 2. The van der Waals surface area contributed by atoms with Crippen molar-refractivity contribution in [3.63, 3.8) is 0 Å². The van der Waals surface area contributed by atoms with Gasteiger partial charge in [0.05, 0.1) is 17.3 Å². The summed E-state index contributed by atoms with van der Waals surface area (Å²) < 4.78 is 0. The largest absolute Gasteiger partial charge is 0.335 e. The lowest BCUT2D eigenvalue weighted by Gasteiger charge is -2.18. The maximum absolute atomic E-state index is 13.0. The topological polar surface area (TPSA) is 129 Å². The first-order valence-electron chi connectivity index (χ1n) is 9.70. The van der Waals surface area contributed by atoms with E-state index in [0.717, 1.165) is 0 Å². The molecule has 32 heavy (non-hydrogen) atoms. The molecule has 9 nitrogen and oxygen atoms in total. The van der Waals surface area contributed by atoms with Crippen LogP contribution in [0.1, 0.15) is 27.8 Å². The fourth-order valence-electron chi connectivity index (χ4n) is 3.10. The minimum Gasteiger partial charge on any atom is -0.335 e. The quantitative estimate of drug-likeness (QED) is 0.321. The molecule has 0 spiro atoms. The van der Waals surface area contributed by atoms with Crippen molar-refractivity contribution in [2.45, 2.75) is 6.04 Å². The van der Waals surface area contributed by atoms with Gasteiger partial charge in [-0.3, -0.25) is 19.4 Å². The Bertz CT molecular complexity index is 1340. The van der Waals surface area contributed by atoms with Gasteiger partial charge in [-0.2, -0.15) is 10.2 Å². The molecule has 0 aliphatic heterocycles. The van der Waals surface area contributed by atoms with Gasteiger partial charge in [-0.05, 0) is 30.3 Å². The van der Waals surface area contributed by atoms with Crippen molar-refractivity contribution in [3.05, 3.63) is 106 Å². The zero-order chi connectivity index (χ0) is 22.3. The van der Waals surface area contributed by atoms with Crippen LogP contribution >= 0.6 is 0 Å². The second-order valence-electron chi connectivity index (χ2n) is 6.74. The lowest BCUT2D eigenvalue weighted by molar-refractivity contribution is -0.123. The maximum atomic E-state index is 13.0. The van der Waals surface area contributed by atoms with Crippen LogP contribution in [0.4, 0.5) is 0 Å². The van der Waals surface area contributed by atoms with E-state index in [1.165, 1.54) is 6.21 Å². The second kappa shape index (κ2) is 9.43. The molecule has 0 unspecified atom stereocenters. The molecule has 0 radical (unpaired) electrons. The first-order chi connectivity index (χ1) is 15.6. The number of rotatable bonds is 6. The van der Waals surface area contributed by atoms with Gasteiger partial charge in [0.2, 0.25) is 0 Å². The third-order valence-electron chi connectivity index (χ3n) is 4.63. The summed E-state index contributed by atoms with van der Waals surface area (Å²) in [6.07, 6.45) is 2.98. The van der Waals surface area contributed by atoms with Gasteiger partial charge in [-0.25, -0.2) is 10.5 Å². The van der Waals surface area contributed by atoms with E-state index in [4.69, 9.17) is 0 Å². The Morgan fingerprint density at radius 2 is 1.66 bits per heavy atom. The zero-order valence-corrected chi connectivity index (χ0v) is 16.7. The van der Waals surface area contributed by atoms with Crippen LogP contribution in [0.25, 0.3) is 10.8 Å². The highest BCUT2D eigenvalue weighted by Gasteiger charge is 2.27. The molecule has 9 heteroatoms. The predicted molar refractivity (Wildman–Crippen MR) is 119 cm³/mol. The highest BCUT2D eigenvalue weighted by Crippen LogP contribution is 2.20. The zero-order valence-electron chi connectivity index (χ0n) is 16.7. The number of aromatic nitrogens is 3. The molecule has 2 heterocycles. The van der Waals surface area contributed by atoms with Crippen molar-refractivity contribution in [3.8, 4) is 0 Å². The average Bonchev–Trinajstić information content (AvgIpc) is 2.84. The molecule has 158 valence electrons. The number of hydrogen-bond acceptors (Lipinski definition) is 6. The first kappa shape index (κ1) is 20.6. The van der Waals surface area contributed by atoms with Gasteiger partial charge in [0.25, 0.3) is 17.4 Å². The molecule has 0 aliphatic carbocycles. The fourth-order valence-corrected chi connectivity index (χ4v) is 3.10. The summed E-state index contributed by atoms with van der Waals surface area (Å²) in [6.45, 7) is 0. The summed E-state index contributed by atoms with van der Waals surface area (Å²) in [4.78, 5) is 42.1. The number of nitrogens with one attached hydrogen (secondary N) is 3. The minimum atomic E-state index is -1.22. The second-order valence-corrected chi connectivity index (χ2v) is 6.74. The highest BCUT2D eigenvalue weighted by molar-refractivity contribution is 5.99. The molecule has 0 aliphatic rings. The average molecular weight is 426 g/mol. The smallest absolute Gasteiger partial charge is 0.272 e. The van der Waals surface area contributed by atoms with E-state index in [9.17, 15) is 14.4 Å². The Morgan fingerprint density at radius 3 is 2.41 bits per heavy atom. The lowest BCUT2D eigenvalue weighted by atomic mass is 10.0. The molecule has 0 bridgehead atoms. The third-order valence-corrected chi connectivity index (χ3v) is 4.63. The van der Waals surface area contributed by atoms with Gasteiger partial charge in [0.15, 0.2) is 6.04 Å². The van der Waals surface area contributed by atoms with Crippen LogP contribution < -0.4 is 16.3 Å². The molecule has 0 saturated heterocycles. The van der Waals surface area contributed by atoms with Gasteiger partial charge in [-0.1, -0.05) is 42.5 Å². The summed E-state index contributed by atoms with van der Waals surface area (Å²) in [5, 5.41) is 13.9. The molecule has 0 fully saturated rings. The standard InChI is InChI=1S/C23H18N6O3/c30-21(15-8-2-1-3-9-15)26-20(23(32)28-25-14-16-10-6-7-13-24-16)19-17-11-4-5-12-18(17)22(31)29-27-19/h1-14,20H,(H,26,30)(H,28,32)(H,29,31)/t20-/m0/s1. The van der Waals surface area contributed by atoms with E-state index in [1.807, 2.05) is 0 Å². The maximum Gasteiger partial charge on any atom is 0.272 e. The number of aromatic amines is 1. The number of nitrogens with zero attached hydrogens (tertiary/aromatic N) is 3. The molecule has 4 aromatic rings. The molecular formula is C23H18N6O3. The first-order valence-corrected chi connectivity index (χ1v) is 9.70. The molecule has 4 rings (SSSR count). The molecule has 3 N–H and O–H groups in total. The number of fused-ring (bicyclic) bond motifs is 1. The van der Waals surface area contributed by atoms with Crippen molar-refractivity contribution in [2.24, 2.45) is 5.10 Å². The molecule has 0 saturated carbocycles. The summed E-state index contributed by atoms with van der Waals surface area (Å²) in [5.74, 6) is -1.11. The molecule has 2 aromatic heterocycles. The van der Waals surface area contributed by atoms with Crippen molar-refractivity contribution in [2.75, 3.05) is 0 Å². The van der Waals surface area contributed by atoms with Gasteiger partial charge in [-0.15, -0.1) is 0 Å². The van der Waals surface area contributed by atoms with E-state index in [0.29, 0.717) is 22.0 Å². The van der Waals surface area contributed by atoms with Crippen LogP contribution in [-0.2, 0) is 4.79 Å². The van der Waals surface area contributed by atoms with Crippen LogP contribution in [-0.4, -0.2) is 33.2 Å². The number of carbonyl (C=O) groups excluding carboxylic acids is 2. The van der Waals surface area contributed by atoms with Crippen LogP contribution in [0.2, 0.25) is 0 Å². The van der Waals surface area contributed by atoms with Crippen LogP contribution in [0, 0.1) is 0 Å². The van der Waals surface area contributed by atoms with Crippen molar-refractivity contribution in [1.29, 1.82) is 0 Å². The summed E-state index contributed by atoms with van der Waals surface area (Å²) >= 11 is 0. The Kier molecular flexibility index (Phi) is 6.08. The van der Waals surface area contributed by atoms with Crippen molar-refractivity contribution >= 4 is 28.8 Å². The molecular weight excluding hydrogens is 408 g/mol. The summed E-state index contributed by atoms with van der Waals surface area (Å²) in [6, 6.07) is 19.2. The molecule has 2 amide bonds. The van der Waals surface area contributed by atoms with Gasteiger partial charge in [0.1, 0.15) is 5.69 Å². The number of hydrogen-bond donors (Lipinski definition) is 3. The van der Waals surface area contributed by atoms with Crippen molar-refractivity contribution < 1.29 is 9.59 Å². The Morgan fingerprint density at radius 1 is 0.938 bits per heavy atom. The number of benzene rings is 2. The minimum absolute atomic E-state index is 0.190. The van der Waals surface area contributed by atoms with E-state index in [2.05, 4.69) is 31.0 Å². The monoisotopic (exact) mass is 426 g/mol. The number of H-pyrrole nitrogens is 1. The number of hydrazone groups is 1. The number of carbonyl (C=O) groups is 2. The molecule has 1 atom stereocenters. The third kappa shape index (κ3) is 4.57. The van der Waals surface area contributed by atoms with Gasteiger partial charge in [0, 0.05) is 17.1 Å². The van der Waals surface area contributed by atoms with Crippen LogP contribution in [0.3, 0.4) is 0 Å². The Hall–Kier alpha value is -4.66. The predicted octanol–water partition coefficient (Wildman–Crippen LogP) is 1.94. The lowest BCUT2D eigenvalue weighted by Crippen LogP contribution is -2.40. The highest BCUT2D eigenvalue weighted by atomic mass is 16.2. The normalized spacial score (nSPS) is 11.9. The van der Waals surface area contributed by atoms with E-state index >= 15 is 0 Å². The van der Waals surface area contributed by atoms with E-state index in [-0.39, 0.29) is 5.69 Å².